The number of hydrogen-bond donors (Lipinski definition) is 2. The van der Waals surface area contributed by atoms with Gasteiger partial charge in [-0.2, -0.15) is 0 Å². The number of amides is 1. The number of pyridine rings is 1. The van der Waals surface area contributed by atoms with E-state index in [0.717, 1.165) is 36.1 Å². The Morgan fingerprint density at radius 3 is 3.08 bits per heavy atom. The van der Waals surface area contributed by atoms with Crippen molar-refractivity contribution in [2.24, 2.45) is 0 Å². The van der Waals surface area contributed by atoms with E-state index in [1.165, 1.54) is 11.1 Å². The van der Waals surface area contributed by atoms with Crippen molar-refractivity contribution >= 4 is 33.2 Å². The molecule has 7 heteroatoms. The molecule has 1 aromatic carbocycles. The van der Waals surface area contributed by atoms with E-state index in [4.69, 9.17) is 0 Å². The summed E-state index contributed by atoms with van der Waals surface area (Å²) in [5, 5.41) is 10.5. The van der Waals surface area contributed by atoms with Gasteiger partial charge in [0.1, 0.15) is 0 Å². The van der Waals surface area contributed by atoms with Crippen LogP contribution in [0.15, 0.2) is 41.0 Å². The largest absolute Gasteiger partial charge is 0.319 e. The topological polar surface area (TPSA) is 71.3 Å². The van der Waals surface area contributed by atoms with Crippen molar-refractivity contribution in [1.82, 2.24) is 19.9 Å². The van der Waals surface area contributed by atoms with Crippen molar-refractivity contribution in [3.63, 3.8) is 0 Å². The Hall–Kier alpha value is -2.25. The predicted octanol–water partition coefficient (Wildman–Crippen LogP) is 2.78. The highest BCUT2D eigenvalue weighted by atomic mass is 79.9. The first-order valence-corrected chi connectivity index (χ1v) is 8.65. The van der Waals surface area contributed by atoms with Gasteiger partial charge in [-0.15, -0.1) is 5.10 Å². The van der Waals surface area contributed by atoms with Gasteiger partial charge in [0.15, 0.2) is 5.65 Å². The lowest BCUT2D eigenvalue weighted by atomic mass is 10.0. The van der Waals surface area contributed by atoms with Crippen molar-refractivity contribution in [2.75, 3.05) is 11.9 Å². The third-order valence-corrected chi connectivity index (χ3v) is 4.72. The molecule has 1 amide bonds. The second kappa shape index (κ2) is 6.33. The maximum Gasteiger partial charge on any atom is 0.295 e. The lowest BCUT2D eigenvalue weighted by molar-refractivity contribution is 0.101. The van der Waals surface area contributed by atoms with Crippen LogP contribution in [0.3, 0.4) is 0 Å². The fraction of sp³-hybridized carbons (Fsp3) is 0.235. The molecule has 2 N–H and O–H groups in total. The molecule has 0 atom stereocenters. The minimum atomic E-state index is -0.313. The normalized spacial score (nSPS) is 14.2. The van der Waals surface area contributed by atoms with E-state index in [1.807, 2.05) is 24.3 Å². The third-order valence-electron chi connectivity index (χ3n) is 4.10. The van der Waals surface area contributed by atoms with E-state index in [9.17, 15) is 4.79 Å². The highest BCUT2D eigenvalue weighted by Crippen LogP contribution is 2.20. The third kappa shape index (κ3) is 2.92. The van der Waals surface area contributed by atoms with E-state index in [1.54, 1.807) is 10.7 Å². The van der Waals surface area contributed by atoms with E-state index >= 15 is 0 Å². The van der Waals surface area contributed by atoms with E-state index < -0.39 is 0 Å². The van der Waals surface area contributed by atoms with Gasteiger partial charge >= 0.3 is 0 Å². The Bertz CT molecular complexity index is 920. The Morgan fingerprint density at radius 1 is 1.29 bits per heavy atom. The van der Waals surface area contributed by atoms with Crippen LogP contribution in [-0.2, 0) is 13.0 Å². The molecular weight excluding hydrogens is 370 g/mol. The number of carbonyl (C=O) groups is 1. The molecule has 3 heterocycles. The molecule has 4 rings (SSSR count). The van der Waals surface area contributed by atoms with E-state index in [2.05, 4.69) is 42.7 Å². The van der Waals surface area contributed by atoms with Crippen molar-refractivity contribution in [2.45, 2.75) is 19.4 Å². The van der Waals surface area contributed by atoms with Crippen LogP contribution in [0.5, 0.6) is 0 Å². The van der Waals surface area contributed by atoms with Crippen LogP contribution >= 0.6 is 15.9 Å². The molecule has 0 fully saturated rings. The number of carbonyl (C=O) groups excluding carboxylic acids is 1. The number of aromatic nitrogens is 3. The summed E-state index contributed by atoms with van der Waals surface area (Å²) in [5.41, 5.74) is 3.96. The van der Waals surface area contributed by atoms with Crippen LogP contribution in [0.25, 0.3) is 5.65 Å². The first-order valence-electron chi connectivity index (χ1n) is 7.85. The standard InChI is InChI=1S/C17H16BrN5O/c18-14-4-2-8-23-16(14)21-15(22-23)17(24)20-13-6-5-11-3-1-7-19-10-12(11)9-13/h2,4-6,8-9,19H,1,3,7,10H2,(H,20,24). The molecule has 6 nitrogen and oxygen atoms in total. The molecule has 0 saturated carbocycles. The number of nitrogens with zero attached hydrogens (tertiary/aromatic N) is 3. The second-order valence-corrected chi connectivity index (χ2v) is 6.63. The number of nitrogens with one attached hydrogen (secondary N) is 2. The van der Waals surface area contributed by atoms with E-state index in [0.29, 0.717) is 5.65 Å². The highest BCUT2D eigenvalue weighted by Gasteiger charge is 2.15. The molecular formula is C17H16BrN5O. The molecule has 0 spiro atoms. The van der Waals surface area contributed by atoms with Crippen LogP contribution in [-0.4, -0.2) is 27.0 Å². The average molecular weight is 386 g/mol. The van der Waals surface area contributed by atoms with Gasteiger partial charge in [0, 0.05) is 18.4 Å². The Balaban J connectivity index is 1.59. The first kappa shape index (κ1) is 15.3. The van der Waals surface area contributed by atoms with Crippen LogP contribution in [0.1, 0.15) is 28.2 Å². The van der Waals surface area contributed by atoms with Gasteiger partial charge in [-0.3, -0.25) is 4.79 Å². The number of aryl methyl sites for hydroxylation is 1. The van der Waals surface area contributed by atoms with Crippen molar-refractivity contribution in [3.8, 4) is 0 Å². The fourth-order valence-corrected chi connectivity index (χ4v) is 3.32. The molecule has 2 aromatic heterocycles. The van der Waals surface area contributed by atoms with Gasteiger partial charge in [-0.1, -0.05) is 6.07 Å². The fourth-order valence-electron chi connectivity index (χ4n) is 2.90. The van der Waals surface area contributed by atoms with Gasteiger partial charge in [-0.25, -0.2) is 9.50 Å². The first-order chi connectivity index (χ1) is 11.7. The summed E-state index contributed by atoms with van der Waals surface area (Å²) in [6.45, 7) is 1.86. The summed E-state index contributed by atoms with van der Waals surface area (Å²) in [6.07, 6.45) is 3.97. The lowest BCUT2D eigenvalue weighted by Crippen LogP contribution is -2.15. The molecule has 24 heavy (non-hydrogen) atoms. The zero-order valence-electron chi connectivity index (χ0n) is 12.9. The summed E-state index contributed by atoms with van der Waals surface area (Å²) in [6, 6.07) is 9.76. The number of hydrogen-bond acceptors (Lipinski definition) is 4. The van der Waals surface area contributed by atoms with Gasteiger partial charge in [0.25, 0.3) is 5.91 Å². The summed E-state index contributed by atoms with van der Waals surface area (Å²) in [5.74, 6) is -0.165. The zero-order chi connectivity index (χ0) is 16.5. The van der Waals surface area contributed by atoms with Gasteiger partial charge in [0.2, 0.25) is 5.82 Å². The van der Waals surface area contributed by atoms with Crippen LogP contribution < -0.4 is 10.6 Å². The molecule has 0 unspecified atom stereocenters. The number of fused-ring (bicyclic) bond motifs is 2. The molecule has 0 saturated heterocycles. The van der Waals surface area contributed by atoms with Crippen LogP contribution in [0.2, 0.25) is 0 Å². The van der Waals surface area contributed by atoms with Gasteiger partial charge in [-0.05, 0) is 70.7 Å². The zero-order valence-corrected chi connectivity index (χ0v) is 14.5. The average Bonchev–Trinajstić information content (AvgIpc) is 2.89. The molecule has 0 aliphatic carbocycles. The number of anilines is 1. The quantitative estimate of drug-likeness (QED) is 0.711. The maximum absolute atomic E-state index is 12.5. The number of rotatable bonds is 2. The number of halogens is 1. The SMILES string of the molecule is O=C(Nc1ccc2c(c1)CNCCC2)c1nc2c(Br)cccn2n1. The summed E-state index contributed by atoms with van der Waals surface area (Å²) >= 11 is 3.41. The summed E-state index contributed by atoms with van der Waals surface area (Å²) < 4.78 is 2.38. The Labute approximate surface area is 147 Å². The van der Waals surface area contributed by atoms with Crippen molar-refractivity contribution < 1.29 is 4.79 Å². The van der Waals surface area contributed by atoms with Crippen LogP contribution in [0, 0.1) is 0 Å². The van der Waals surface area contributed by atoms with Gasteiger partial charge in [0.05, 0.1) is 4.47 Å². The molecule has 1 aliphatic rings. The summed E-state index contributed by atoms with van der Waals surface area (Å²) in [4.78, 5) is 16.7. The van der Waals surface area contributed by atoms with Crippen molar-refractivity contribution in [3.05, 3.63) is 58.0 Å². The highest BCUT2D eigenvalue weighted by molar-refractivity contribution is 9.10. The lowest BCUT2D eigenvalue weighted by Gasteiger charge is -2.09. The Morgan fingerprint density at radius 2 is 2.21 bits per heavy atom. The monoisotopic (exact) mass is 385 g/mol. The van der Waals surface area contributed by atoms with Gasteiger partial charge < -0.3 is 10.6 Å². The predicted molar refractivity (Wildman–Crippen MR) is 95.1 cm³/mol. The minimum absolute atomic E-state index is 0.148. The maximum atomic E-state index is 12.5. The minimum Gasteiger partial charge on any atom is -0.319 e. The molecule has 3 aromatic rings. The second-order valence-electron chi connectivity index (χ2n) is 5.78. The smallest absolute Gasteiger partial charge is 0.295 e. The van der Waals surface area contributed by atoms with Crippen molar-refractivity contribution in [1.29, 1.82) is 0 Å². The summed E-state index contributed by atoms with van der Waals surface area (Å²) in [7, 11) is 0. The molecule has 0 bridgehead atoms. The number of benzene rings is 1. The molecule has 122 valence electrons. The molecule has 1 aliphatic heterocycles. The van der Waals surface area contributed by atoms with Crippen LogP contribution in [0.4, 0.5) is 5.69 Å². The van der Waals surface area contributed by atoms with E-state index in [-0.39, 0.29) is 11.7 Å². The Kier molecular flexibility index (Phi) is 4.03. The molecule has 0 radical (unpaired) electrons.